The molecule has 2 aliphatic heterocycles. The second kappa shape index (κ2) is 22.3. The largest absolute Gasteiger partial charge is 0.748 e. The van der Waals surface area contributed by atoms with Crippen molar-refractivity contribution in [3.05, 3.63) is 144 Å². The van der Waals surface area contributed by atoms with E-state index in [2.05, 4.69) is 163 Å². The van der Waals surface area contributed by atoms with E-state index in [4.69, 9.17) is 4.74 Å². The molecule has 2 N–H and O–H groups in total. The number of benzene rings is 4. The average molecular weight is 925 g/mol. The van der Waals surface area contributed by atoms with E-state index in [0.29, 0.717) is 38.9 Å². The number of ether oxygens (including phenoxy) is 1. The van der Waals surface area contributed by atoms with E-state index in [1.807, 2.05) is 12.2 Å². The van der Waals surface area contributed by atoms with Gasteiger partial charge in [0, 0.05) is 72.7 Å². The second-order valence-electron chi connectivity index (χ2n) is 19.0. The maximum Gasteiger partial charge on any atom is 0.407 e. The number of nitrogens with zero attached hydrogens (tertiary/aromatic N) is 2. The molecule has 4 aromatic carbocycles. The summed E-state index contributed by atoms with van der Waals surface area (Å²) in [5.74, 6) is -0.368. The molecule has 67 heavy (non-hydrogen) atoms. The SMILES string of the molecule is CC1(C)C(/C=C/C=C/C=C/C=C2\N(CCCCS(=O)(=O)[O-])c3ccc4ccccc4c3C2(C)C)=[N+](CCCCCC(=O)NCCNC(=O)OC2CC/C=C/CCC2)c2ccc3ccccc3c21. The third-order valence-corrected chi connectivity index (χ3v) is 14.3. The summed E-state index contributed by atoms with van der Waals surface area (Å²) in [7, 11) is -4.26. The van der Waals surface area contributed by atoms with Gasteiger partial charge in [-0.1, -0.05) is 111 Å². The molecule has 3 aliphatic rings. The molecule has 1 atom stereocenters. The Hall–Kier alpha value is -5.78. The number of hydrogen-bond donors (Lipinski definition) is 2. The number of rotatable bonds is 19. The Kier molecular flexibility index (Phi) is 16.4. The molecule has 11 heteroatoms. The molecule has 2 heterocycles. The van der Waals surface area contributed by atoms with Gasteiger partial charge in [-0.25, -0.2) is 13.2 Å². The quantitative estimate of drug-likeness (QED) is 0.0315. The van der Waals surface area contributed by atoms with Crippen molar-refractivity contribution >= 4 is 60.7 Å². The van der Waals surface area contributed by atoms with Gasteiger partial charge in [0.2, 0.25) is 11.6 Å². The molecule has 0 spiro atoms. The first-order chi connectivity index (χ1) is 32.3. The molecule has 4 aromatic rings. The Morgan fingerprint density at radius 1 is 0.761 bits per heavy atom. The molecule has 2 amide bonds. The molecule has 10 nitrogen and oxygen atoms in total. The molecule has 1 unspecified atom stereocenters. The van der Waals surface area contributed by atoms with E-state index in [0.717, 1.165) is 69.3 Å². The lowest BCUT2D eigenvalue weighted by atomic mass is 9.79. The summed E-state index contributed by atoms with van der Waals surface area (Å²) < 4.78 is 42.1. The highest BCUT2D eigenvalue weighted by Crippen LogP contribution is 2.51. The molecule has 7 rings (SSSR count). The first-order valence-corrected chi connectivity index (χ1v) is 25.8. The van der Waals surface area contributed by atoms with E-state index < -0.39 is 16.2 Å². The summed E-state index contributed by atoms with van der Waals surface area (Å²) in [4.78, 5) is 27.3. The normalized spacial score (nSPS) is 19.1. The van der Waals surface area contributed by atoms with Crippen molar-refractivity contribution in [2.75, 3.05) is 36.8 Å². The fourth-order valence-corrected chi connectivity index (χ4v) is 10.8. The van der Waals surface area contributed by atoms with Gasteiger partial charge in [-0.2, -0.15) is 4.58 Å². The van der Waals surface area contributed by atoms with Crippen molar-refractivity contribution < 1.29 is 31.9 Å². The number of fused-ring (bicyclic) bond motifs is 6. The predicted molar refractivity (Wildman–Crippen MR) is 272 cm³/mol. The fourth-order valence-electron chi connectivity index (χ4n) is 10.2. The highest BCUT2D eigenvalue weighted by atomic mass is 32.2. The van der Waals surface area contributed by atoms with Crippen LogP contribution in [0.2, 0.25) is 0 Å². The zero-order valence-electron chi connectivity index (χ0n) is 39.8. The minimum Gasteiger partial charge on any atom is -0.748 e. The van der Waals surface area contributed by atoms with E-state index in [1.54, 1.807) is 0 Å². The molecular formula is C56H68N4O6S. The highest BCUT2D eigenvalue weighted by Gasteiger charge is 2.45. The topological polar surface area (TPSA) is 131 Å². The minimum atomic E-state index is -4.26. The van der Waals surface area contributed by atoms with Crippen molar-refractivity contribution in [3.63, 3.8) is 0 Å². The summed E-state index contributed by atoms with van der Waals surface area (Å²) in [6.07, 6.45) is 27.2. The Labute approximate surface area is 398 Å². The maximum absolute atomic E-state index is 12.7. The average Bonchev–Trinajstić information content (AvgIpc) is 3.64. The van der Waals surface area contributed by atoms with Crippen LogP contribution in [0.3, 0.4) is 0 Å². The van der Waals surface area contributed by atoms with Crippen LogP contribution in [0.1, 0.15) is 109 Å². The van der Waals surface area contributed by atoms with E-state index in [1.165, 1.54) is 44.1 Å². The van der Waals surface area contributed by atoms with Crippen LogP contribution in [0.25, 0.3) is 21.5 Å². The third-order valence-electron chi connectivity index (χ3n) is 13.5. The number of anilines is 1. The lowest BCUT2D eigenvalue weighted by Gasteiger charge is -2.27. The lowest BCUT2D eigenvalue weighted by molar-refractivity contribution is -0.438. The monoisotopic (exact) mass is 924 g/mol. The van der Waals surface area contributed by atoms with Gasteiger partial charge < -0.3 is 24.8 Å². The number of hydrogen-bond acceptors (Lipinski definition) is 7. The minimum absolute atomic E-state index is 0.0111. The number of allylic oxidation sites excluding steroid dienone is 10. The first kappa shape index (κ1) is 49.1. The Morgan fingerprint density at radius 3 is 2.22 bits per heavy atom. The van der Waals surface area contributed by atoms with Gasteiger partial charge in [-0.05, 0) is 117 Å². The number of carbonyl (C=O) groups excluding carboxylic acids is 2. The van der Waals surface area contributed by atoms with E-state index >= 15 is 0 Å². The van der Waals surface area contributed by atoms with Gasteiger partial charge in [0.15, 0.2) is 5.71 Å². The Balaban J connectivity index is 0.980. The number of carbonyl (C=O) groups is 2. The van der Waals surface area contributed by atoms with Crippen LogP contribution >= 0.6 is 0 Å². The molecule has 0 fully saturated rings. The van der Waals surface area contributed by atoms with Crippen LogP contribution in [-0.2, 0) is 30.5 Å². The predicted octanol–water partition coefficient (Wildman–Crippen LogP) is 11.3. The van der Waals surface area contributed by atoms with Gasteiger partial charge >= 0.3 is 6.09 Å². The van der Waals surface area contributed by atoms with Gasteiger partial charge in [0.25, 0.3) is 0 Å². The summed E-state index contributed by atoms with van der Waals surface area (Å²) in [6.45, 7) is 11.2. The van der Waals surface area contributed by atoms with Gasteiger partial charge in [-0.15, -0.1) is 0 Å². The van der Waals surface area contributed by atoms with Crippen molar-refractivity contribution in [1.82, 2.24) is 10.6 Å². The smallest absolute Gasteiger partial charge is 0.407 e. The number of alkyl carbamates (subject to hydrolysis) is 1. The van der Waals surface area contributed by atoms with Gasteiger partial charge in [0.1, 0.15) is 12.6 Å². The third kappa shape index (κ3) is 12.2. The van der Waals surface area contributed by atoms with Crippen LogP contribution in [-0.4, -0.2) is 73.3 Å². The molecular weight excluding hydrogens is 857 g/mol. The molecule has 0 saturated heterocycles. The lowest BCUT2D eigenvalue weighted by Crippen LogP contribution is -2.36. The molecule has 0 bridgehead atoms. The first-order valence-electron chi connectivity index (χ1n) is 24.2. The van der Waals surface area contributed by atoms with Crippen molar-refractivity contribution in [2.45, 2.75) is 115 Å². The zero-order chi connectivity index (χ0) is 47.4. The molecule has 354 valence electrons. The van der Waals surface area contributed by atoms with Crippen LogP contribution in [0.5, 0.6) is 0 Å². The molecule has 1 aliphatic carbocycles. The van der Waals surface area contributed by atoms with Crippen molar-refractivity contribution in [2.24, 2.45) is 0 Å². The summed E-state index contributed by atoms with van der Waals surface area (Å²) in [5, 5.41) is 10.6. The van der Waals surface area contributed by atoms with Crippen LogP contribution in [0.4, 0.5) is 16.2 Å². The number of unbranched alkanes of at least 4 members (excludes halogenated alkanes) is 3. The maximum atomic E-state index is 12.7. The summed E-state index contributed by atoms with van der Waals surface area (Å²) in [6, 6.07) is 25.8. The fraction of sp³-hybridized carbons (Fsp3) is 0.411. The zero-order valence-corrected chi connectivity index (χ0v) is 40.6. The van der Waals surface area contributed by atoms with Crippen LogP contribution < -0.4 is 15.5 Å². The summed E-state index contributed by atoms with van der Waals surface area (Å²) in [5.41, 5.74) is 6.70. The summed E-state index contributed by atoms with van der Waals surface area (Å²) >= 11 is 0. The molecule has 0 aromatic heterocycles. The van der Waals surface area contributed by atoms with Crippen molar-refractivity contribution in [1.29, 1.82) is 0 Å². The van der Waals surface area contributed by atoms with Crippen molar-refractivity contribution in [3.8, 4) is 0 Å². The van der Waals surface area contributed by atoms with Gasteiger partial charge in [0.05, 0.1) is 15.5 Å². The van der Waals surface area contributed by atoms with E-state index in [9.17, 15) is 22.6 Å². The Bertz CT molecular complexity index is 2730. The number of amides is 2. The van der Waals surface area contributed by atoms with Gasteiger partial charge in [-0.3, -0.25) is 4.79 Å². The molecule has 0 radical (unpaired) electrons. The van der Waals surface area contributed by atoms with Crippen LogP contribution in [0, 0.1) is 0 Å². The number of nitrogens with one attached hydrogen (secondary N) is 2. The van der Waals surface area contributed by atoms with E-state index in [-0.39, 0.29) is 28.6 Å². The Morgan fingerprint density at radius 2 is 1.45 bits per heavy atom. The molecule has 0 saturated carbocycles. The van der Waals surface area contributed by atoms with Crippen LogP contribution in [0.15, 0.2) is 133 Å². The highest BCUT2D eigenvalue weighted by molar-refractivity contribution is 7.85. The standard InChI is InChI=1S/C56H68N4O6S/c1-55(2)49(30-14-9-6-10-15-31-50-56(3,4)53-46-29-20-18-25-43(46)34-36-48(53)60(50)40-22-23-41-67(63,64)65)59(47-35-33-42-24-17-19-28-45(42)52(47)55)39-21-11-16-32-51(61)57-37-38-58-54(62)66-44-26-12-7-5-8-13-27-44/h5-7,9-10,14-15,17-20,24-25,28-31,33-36,44H,8,11-13,16,21-23,26-27,32,37-41H2,1-4H3,(H2-,57,58,61,62,63,64,65)/b7-5+. The second-order valence-corrected chi connectivity index (χ2v) is 20.6.